The predicted molar refractivity (Wildman–Crippen MR) is 130 cm³/mol. The summed E-state index contributed by atoms with van der Waals surface area (Å²) in [6, 6.07) is 13.3. The Morgan fingerprint density at radius 1 is 1.06 bits per heavy atom. The third-order valence-electron chi connectivity index (χ3n) is 5.69. The fourth-order valence-electron chi connectivity index (χ4n) is 3.87. The number of methoxy groups -OCH3 is 2. The first kappa shape index (κ1) is 25.2. The van der Waals surface area contributed by atoms with Gasteiger partial charge in [-0.05, 0) is 56.7 Å². The number of nitrogens with zero attached hydrogens (tertiary/aromatic N) is 3. The number of benzene rings is 2. The largest absolute Gasteiger partial charge is 0.496 e. The van der Waals surface area contributed by atoms with E-state index < -0.39 is 0 Å². The summed E-state index contributed by atoms with van der Waals surface area (Å²) in [4.78, 5) is 17.5. The zero-order chi connectivity index (χ0) is 24.5. The standard InChI is InChI=1S/C26H32FN3O4/c1-5-29(6-2)26-22(24(28-34-26)19-12-14-20(27)15-13-19)18-30(16-9-17-32-3)25(31)21-10-7-8-11-23(21)33-4/h7-8,10-15H,5-6,9,16-18H2,1-4H3. The van der Waals surface area contributed by atoms with Crippen molar-refractivity contribution < 1.29 is 23.2 Å². The Kier molecular flexibility index (Phi) is 9.04. The van der Waals surface area contributed by atoms with Crippen LogP contribution in [0.3, 0.4) is 0 Å². The summed E-state index contributed by atoms with van der Waals surface area (Å²) in [6.07, 6.45) is 0.662. The number of carbonyl (C=O) groups excluding carboxylic acids is 1. The van der Waals surface area contributed by atoms with Crippen molar-refractivity contribution in [2.24, 2.45) is 0 Å². The van der Waals surface area contributed by atoms with Crippen LogP contribution in [0.2, 0.25) is 0 Å². The Balaban J connectivity index is 2.05. The molecule has 0 atom stereocenters. The molecule has 1 amide bonds. The first-order valence-corrected chi connectivity index (χ1v) is 11.4. The fourth-order valence-corrected chi connectivity index (χ4v) is 3.87. The van der Waals surface area contributed by atoms with Gasteiger partial charge in [0, 0.05) is 38.9 Å². The van der Waals surface area contributed by atoms with Crippen LogP contribution in [-0.4, -0.2) is 56.4 Å². The van der Waals surface area contributed by atoms with Crippen LogP contribution >= 0.6 is 0 Å². The third-order valence-corrected chi connectivity index (χ3v) is 5.69. The minimum absolute atomic E-state index is 0.162. The second kappa shape index (κ2) is 12.2. The van der Waals surface area contributed by atoms with Crippen molar-refractivity contribution in [1.29, 1.82) is 0 Å². The molecular weight excluding hydrogens is 437 g/mol. The Hall–Kier alpha value is -3.39. The van der Waals surface area contributed by atoms with Crippen LogP contribution in [0.25, 0.3) is 11.3 Å². The zero-order valence-electron chi connectivity index (χ0n) is 20.2. The van der Waals surface area contributed by atoms with Crippen LogP contribution in [0.15, 0.2) is 53.1 Å². The van der Waals surface area contributed by atoms with E-state index in [0.29, 0.717) is 55.6 Å². The van der Waals surface area contributed by atoms with Gasteiger partial charge in [0.15, 0.2) is 0 Å². The lowest BCUT2D eigenvalue weighted by molar-refractivity contribution is 0.0720. The quantitative estimate of drug-likeness (QED) is 0.347. The molecule has 0 aliphatic rings. The molecule has 0 saturated carbocycles. The summed E-state index contributed by atoms with van der Waals surface area (Å²) in [5, 5.41) is 4.32. The number of anilines is 1. The highest BCUT2D eigenvalue weighted by Crippen LogP contribution is 2.33. The fraction of sp³-hybridized carbons (Fsp3) is 0.385. The monoisotopic (exact) mass is 469 g/mol. The molecule has 3 rings (SSSR count). The molecular formula is C26H32FN3O4. The molecule has 0 aliphatic carbocycles. The molecule has 3 aromatic rings. The summed E-state index contributed by atoms with van der Waals surface area (Å²) in [5.41, 5.74) is 2.56. The van der Waals surface area contributed by atoms with Crippen molar-refractivity contribution in [3.63, 3.8) is 0 Å². The molecule has 0 unspecified atom stereocenters. The molecule has 0 N–H and O–H groups in total. The van der Waals surface area contributed by atoms with E-state index >= 15 is 0 Å². The molecule has 0 fully saturated rings. The molecule has 34 heavy (non-hydrogen) atoms. The van der Waals surface area contributed by atoms with Crippen molar-refractivity contribution in [3.05, 3.63) is 65.5 Å². The summed E-state index contributed by atoms with van der Waals surface area (Å²) in [5.74, 6) is 0.627. The normalized spacial score (nSPS) is 10.9. The number of carbonyl (C=O) groups is 1. The number of hydrogen-bond acceptors (Lipinski definition) is 6. The molecule has 0 saturated heterocycles. The van der Waals surface area contributed by atoms with Crippen LogP contribution in [0.1, 0.15) is 36.2 Å². The van der Waals surface area contributed by atoms with Gasteiger partial charge < -0.3 is 23.8 Å². The van der Waals surface area contributed by atoms with Gasteiger partial charge in [0.1, 0.15) is 17.3 Å². The summed E-state index contributed by atoms with van der Waals surface area (Å²) in [6.45, 7) is 6.75. The van der Waals surface area contributed by atoms with E-state index in [9.17, 15) is 9.18 Å². The SMILES string of the molecule is CCN(CC)c1onc(-c2ccc(F)cc2)c1CN(CCCOC)C(=O)c1ccccc1OC. The van der Waals surface area contributed by atoms with Crippen LogP contribution in [0.5, 0.6) is 5.75 Å². The van der Waals surface area contributed by atoms with E-state index in [1.807, 2.05) is 26.0 Å². The highest BCUT2D eigenvalue weighted by molar-refractivity contribution is 5.97. The van der Waals surface area contributed by atoms with Crippen molar-refractivity contribution in [2.45, 2.75) is 26.8 Å². The van der Waals surface area contributed by atoms with Gasteiger partial charge >= 0.3 is 0 Å². The second-order valence-corrected chi connectivity index (χ2v) is 7.77. The summed E-state index contributed by atoms with van der Waals surface area (Å²) in [7, 11) is 3.18. The molecule has 7 nitrogen and oxygen atoms in total. The van der Waals surface area contributed by atoms with Gasteiger partial charge in [-0.2, -0.15) is 0 Å². The maximum atomic E-state index is 13.6. The predicted octanol–water partition coefficient (Wildman–Crippen LogP) is 5.01. The molecule has 2 aromatic carbocycles. The molecule has 182 valence electrons. The number of amides is 1. The molecule has 0 spiro atoms. The van der Waals surface area contributed by atoms with Crippen molar-refractivity contribution >= 4 is 11.8 Å². The van der Waals surface area contributed by atoms with Gasteiger partial charge in [0.2, 0.25) is 5.88 Å². The maximum absolute atomic E-state index is 13.6. The molecule has 0 bridgehead atoms. The topological polar surface area (TPSA) is 68.0 Å². The highest BCUT2D eigenvalue weighted by atomic mass is 19.1. The van der Waals surface area contributed by atoms with Crippen molar-refractivity contribution in [2.75, 3.05) is 45.4 Å². The highest BCUT2D eigenvalue weighted by Gasteiger charge is 2.27. The van der Waals surface area contributed by atoms with E-state index in [0.717, 1.165) is 11.1 Å². The number of hydrogen-bond donors (Lipinski definition) is 0. The number of ether oxygens (including phenoxy) is 2. The van der Waals surface area contributed by atoms with Gasteiger partial charge in [-0.3, -0.25) is 4.79 Å². The van der Waals surface area contributed by atoms with Crippen molar-refractivity contribution in [3.8, 4) is 17.0 Å². The van der Waals surface area contributed by atoms with E-state index in [-0.39, 0.29) is 18.3 Å². The summed E-state index contributed by atoms with van der Waals surface area (Å²) < 4.78 is 30.0. The Morgan fingerprint density at radius 3 is 2.41 bits per heavy atom. The van der Waals surface area contributed by atoms with Gasteiger partial charge in [0.25, 0.3) is 5.91 Å². The van der Waals surface area contributed by atoms with Crippen LogP contribution < -0.4 is 9.64 Å². The van der Waals surface area contributed by atoms with Gasteiger partial charge in [-0.15, -0.1) is 0 Å². The molecule has 0 aliphatic heterocycles. The first-order chi connectivity index (χ1) is 16.5. The van der Waals surface area contributed by atoms with E-state index in [1.165, 1.54) is 12.1 Å². The lowest BCUT2D eigenvalue weighted by atomic mass is 10.1. The smallest absolute Gasteiger partial charge is 0.257 e. The van der Waals surface area contributed by atoms with Gasteiger partial charge in [-0.1, -0.05) is 17.3 Å². The van der Waals surface area contributed by atoms with Crippen LogP contribution in [0, 0.1) is 5.82 Å². The number of aromatic nitrogens is 1. The molecule has 1 heterocycles. The van der Waals surface area contributed by atoms with E-state index in [4.69, 9.17) is 14.0 Å². The third kappa shape index (κ3) is 5.75. The van der Waals surface area contributed by atoms with E-state index in [1.54, 1.807) is 43.4 Å². The number of halogens is 1. The maximum Gasteiger partial charge on any atom is 0.257 e. The molecule has 8 heteroatoms. The molecule has 0 radical (unpaired) electrons. The zero-order valence-corrected chi connectivity index (χ0v) is 20.2. The lowest BCUT2D eigenvalue weighted by Gasteiger charge is -2.25. The second-order valence-electron chi connectivity index (χ2n) is 7.77. The Morgan fingerprint density at radius 2 is 1.76 bits per heavy atom. The van der Waals surface area contributed by atoms with Gasteiger partial charge in [0.05, 0.1) is 24.8 Å². The molecule has 1 aromatic heterocycles. The minimum atomic E-state index is -0.328. The Labute approximate surface area is 200 Å². The first-order valence-electron chi connectivity index (χ1n) is 11.4. The number of rotatable bonds is 12. The lowest BCUT2D eigenvalue weighted by Crippen LogP contribution is -2.33. The van der Waals surface area contributed by atoms with Gasteiger partial charge in [-0.25, -0.2) is 4.39 Å². The minimum Gasteiger partial charge on any atom is -0.496 e. The average molecular weight is 470 g/mol. The summed E-state index contributed by atoms with van der Waals surface area (Å²) >= 11 is 0. The van der Waals surface area contributed by atoms with E-state index in [2.05, 4.69) is 10.1 Å². The average Bonchev–Trinajstić information content (AvgIpc) is 3.27. The van der Waals surface area contributed by atoms with Crippen molar-refractivity contribution in [1.82, 2.24) is 10.1 Å². The number of para-hydroxylation sites is 1. The van der Waals surface area contributed by atoms with Crippen LogP contribution in [-0.2, 0) is 11.3 Å². The van der Waals surface area contributed by atoms with Crippen LogP contribution in [0.4, 0.5) is 10.3 Å². The Bertz CT molecular complexity index is 1060.